The second kappa shape index (κ2) is 6.79. The van der Waals surface area contributed by atoms with Crippen LogP contribution in [0.2, 0.25) is 0 Å². The van der Waals surface area contributed by atoms with Gasteiger partial charge in [-0.15, -0.1) is 0 Å². The highest BCUT2D eigenvalue weighted by Gasteiger charge is 2.36. The summed E-state index contributed by atoms with van der Waals surface area (Å²) in [6, 6.07) is 14.0. The van der Waals surface area contributed by atoms with Crippen molar-refractivity contribution >= 4 is 38.4 Å². The fourth-order valence-electron chi connectivity index (χ4n) is 3.36. The zero-order valence-corrected chi connectivity index (χ0v) is 16.0. The van der Waals surface area contributed by atoms with Gasteiger partial charge in [-0.1, -0.05) is 12.1 Å². The normalized spacial score (nSPS) is 15.9. The fourth-order valence-corrected chi connectivity index (χ4v) is 4.82. The number of aryl methyl sites for hydroxylation is 1. The molecule has 0 radical (unpaired) electrons. The molecule has 2 amide bonds. The molecule has 2 heterocycles. The number of H-pyrrole nitrogens is 1. The maximum absolute atomic E-state index is 12.5. The Balaban J connectivity index is 1.51. The molecule has 2 N–H and O–H groups in total. The number of nitrogens with zero attached hydrogens (tertiary/aromatic N) is 1. The van der Waals surface area contributed by atoms with Gasteiger partial charge in [-0.2, -0.15) is 0 Å². The lowest BCUT2D eigenvalue weighted by Crippen LogP contribution is -2.30. The van der Waals surface area contributed by atoms with E-state index in [1.54, 1.807) is 12.1 Å². The number of fused-ring (bicyclic) bond motifs is 1. The molecule has 4 rings (SSSR count). The summed E-state index contributed by atoms with van der Waals surface area (Å²) in [6.45, 7) is 2.32. The maximum atomic E-state index is 12.5. The number of rotatable bonds is 4. The first-order valence-electron chi connectivity index (χ1n) is 8.86. The SMILES string of the molecule is Cc1cc2cc(CNC(=O)c3cccc(N4C(=O)CCS4(=O)=O)c3)ccc2[nH]1. The van der Waals surface area contributed by atoms with E-state index in [9.17, 15) is 18.0 Å². The molecule has 0 unspecified atom stereocenters. The van der Waals surface area contributed by atoms with E-state index in [0.717, 1.165) is 26.5 Å². The van der Waals surface area contributed by atoms with Crippen molar-refractivity contribution in [1.29, 1.82) is 0 Å². The van der Waals surface area contributed by atoms with Crippen molar-refractivity contribution in [3.8, 4) is 0 Å². The Labute approximate surface area is 162 Å². The van der Waals surface area contributed by atoms with Crippen LogP contribution in [0.5, 0.6) is 0 Å². The number of carbonyl (C=O) groups excluding carboxylic acids is 2. The first kappa shape index (κ1) is 18.2. The standard InChI is InChI=1S/C20H19N3O4S/c1-13-9-16-10-14(5-6-18(16)22-13)12-21-20(25)15-3-2-4-17(11-15)23-19(24)7-8-28(23,26)27/h2-6,9-11,22H,7-8,12H2,1H3,(H,21,25). The van der Waals surface area contributed by atoms with E-state index in [1.807, 2.05) is 31.2 Å². The number of aromatic nitrogens is 1. The number of aromatic amines is 1. The number of benzene rings is 2. The Morgan fingerprint density at radius 2 is 2.00 bits per heavy atom. The molecular formula is C20H19N3O4S. The van der Waals surface area contributed by atoms with Crippen LogP contribution in [0.3, 0.4) is 0 Å². The number of hydrogen-bond donors (Lipinski definition) is 2. The van der Waals surface area contributed by atoms with E-state index in [1.165, 1.54) is 12.1 Å². The topological polar surface area (TPSA) is 99.3 Å². The zero-order valence-electron chi connectivity index (χ0n) is 15.2. The second-order valence-corrected chi connectivity index (χ2v) is 8.77. The highest BCUT2D eigenvalue weighted by atomic mass is 32.2. The quantitative estimate of drug-likeness (QED) is 0.706. The molecule has 0 saturated carbocycles. The van der Waals surface area contributed by atoms with Gasteiger partial charge in [-0.05, 0) is 54.3 Å². The van der Waals surface area contributed by atoms with E-state index in [0.29, 0.717) is 12.1 Å². The molecule has 3 aromatic rings. The molecule has 28 heavy (non-hydrogen) atoms. The average molecular weight is 397 g/mol. The van der Waals surface area contributed by atoms with Crippen LogP contribution in [0, 0.1) is 6.92 Å². The van der Waals surface area contributed by atoms with Gasteiger partial charge in [0.1, 0.15) is 0 Å². The molecule has 8 heteroatoms. The van der Waals surface area contributed by atoms with E-state index in [4.69, 9.17) is 0 Å². The zero-order chi connectivity index (χ0) is 19.9. The van der Waals surface area contributed by atoms with Crippen molar-refractivity contribution in [3.05, 3.63) is 65.4 Å². The molecule has 2 aromatic carbocycles. The Morgan fingerprint density at radius 1 is 1.18 bits per heavy atom. The minimum absolute atomic E-state index is 0.0418. The fraction of sp³-hybridized carbons (Fsp3) is 0.200. The van der Waals surface area contributed by atoms with Crippen LogP contribution in [0.4, 0.5) is 5.69 Å². The van der Waals surface area contributed by atoms with Crippen LogP contribution in [-0.4, -0.2) is 31.0 Å². The Bertz CT molecular complexity index is 1200. The third-order valence-corrected chi connectivity index (χ3v) is 6.39. The lowest BCUT2D eigenvalue weighted by molar-refractivity contribution is -0.116. The van der Waals surface area contributed by atoms with E-state index < -0.39 is 15.9 Å². The third kappa shape index (κ3) is 3.38. The molecule has 1 aromatic heterocycles. The van der Waals surface area contributed by atoms with Crippen molar-refractivity contribution in [1.82, 2.24) is 10.3 Å². The van der Waals surface area contributed by atoms with Gasteiger partial charge in [-0.25, -0.2) is 12.7 Å². The monoisotopic (exact) mass is 397 g/mol. The van der Waals surface area contributed by atoms with Gasteiger partial charge in [-0.3, -0.25) is 9.59 Å². The Kier molecular flexibility index (Phi) is 4.43. The van der Waals surface area contributed by atoms with E-state index >= 15 is 0 Å². The summed E-state index contributed by atoms with van der Waals surface area (Å²) in [6.07, 6.45) is -0.0418. The summed E-state index contributed by atoms with van der Waals surface area (Å²) < 4.78 is 24.9. The Morgan fingerprint density at radius 3 is 2.75 bits per heavy atom. The van der Waals surface area contributed by atoms with Gasteiger partial charge in [0, 0.05) is 29.7 Å². The van der Waals surface area contributed by atoms with Crippen molar-refractivity contribution in [2.24, 2.45) is 0 Å². The first-order valence-corrected chi connectivity index (χ1v) is 10.5. The molecule has 0 aliphatic carbocycles. The molecule has 1 aliphatic heterocycles. The summed E-state index contributed by atoms with van der Waals surface area (Å²) in [5, 5.41) is 3.91. The van der Waals surface area contributed by atoms with Gasteiger partial charge >= 0.3 is 0 Å². The highest BCUT2D eigenvalue weighted by molar-refractivity contribution is 7.94. The Hall–Kier alpha value is -3.13. The third-order valence-electron chi connectivity index (χ3n) is 4.69. The summed E-state index contributed by atoms with van der Waals surface area (Å²) in [5.41, 5.74) is 3.55. The number of sulfonamides is 1. The number of amides is 2. The van der Waals surface area contributed by atoms with E-state index in [-0.39, 0.29) is 23.8 Å². The summed E-state index contributed by atoms with van der Waals surface area (Å²) in [5.74, 6) is -1.02. The molecular weight excluding hydrogens is 378 g/mol. The van der Waals surface area contributed by atoms with Crippen LogP contribution in [0.15, 0.2) is 48.5 Å². The predicted octanol–water partition coefficient (Wildman–Crippen LogP) is 2.47. The van der Waals surface area contributed by atoms with Gasteiger partial charge in [0.25, 0.3) is 5.91 Å². The van der Waals surface area contributed by atoms with Crippen molar-refractivity contribution in [2.45, 2.75) is 19.9 Å². The first-order chi connectivity index (χ1) is 13.3. The smallest absolute Gasteiger partial charge is 0.251 e. The van der Waals surface area contributed by atoms with Crippen LogP contribution >= 0.6 is 0 Å². The minimum Gasteiger partial charge on any atom is -0.359 e. The van der Waals surface area contributed by atoms with Crippen molar-refractivity contribution < 1.29 is 18.0 Å². The maximum Gasteiger partial charge on any atom is 0.251 e. The van der Waals surface area contributed by atoms with Gasteiger partial charge < -0.3 is 10.3 Å². The van der Waals surface area contributed by atoms with Gasteiger partial charge in [0.15, 0.2) is 0 Å². The van der Waals surface area contributed by atoms with Gasteiger partial charge in [0.05, 0.1) is 11.4 Å². The molecule has 0 bridgehead atoms. The molecule has 1 saturated heterocycles. The molecule has 1 aliphatic rings. The van der Waals surface area contributed by atoms with Gasteiger partial charge in [0.2, 0.25) is 15.9 Å². The second-order valence-electron chi connectivity index (χ2n) is 6.83. The average Bonchev–Trinajstić information content (AvgIpc) is 3.16. The van der Waals surface area contributed by atoms with Crippen LogP contribution in [0.1, 0.15) is 28.0 Å². The predicted molar refractivity (Wildman–Crippen MR) is 107 cm³/mol. The van der Waals surface area contributed by atoms with Crippen molar-refractivity contribution in [2.75, 3.05) is 10.1 Å². The highest BCUT2D eigenvalue weighted by Crippen LogP contribution is 2.26. The summed E-state index contributed by atoms with van der Waals surface area (Å²) >= 11 is 0. The molecule has 144 valence electrons. The largest absolute Gasteiger partial charge is 0.359 e. The number of hydrogen-bond acceptors (Lipinski definition) is 4. The number of anilines is 1. The lowest BCUT2D eigenvalue weighted by atomic mass is 10.1. The molecule has 7 nitrogen and oxygen atoms in total. The lowest BCUT2D eigenvalue weighted by Gasteiger charge is -2.15. The molecule has 1 fully saturated rings. The van der Waals surface area contributed by atoms with Crippen molar-refractivity contribution in [3.63, 3.8) is 0 Å². The van der Waals surface area contributed by atoms with Crippen LogP contribution < -0.4 is 9.62 Å². The summed E-state index contributed by atoms with van der Waals surface area (Å²) in [4.78, 5) is 27.7. The van der Waals surface area contributed by atoms with E-state index in [2.05, 4.69) is 10.3 Å². The molecule has 0 atom stereocenters. The summed E-state index contributed by atoms with van der Waals surface area (Å²) in [7, 11) is -3.66. The minimum atomic E-state index is -3.66. The van der Waals surface area contributed by atoms with Crippen LogP contribution in [-0.2, 0) is 21.4 Å². The molecule has 0 spiro atoms. The number of nitrogens with one attached hydrogen (secondary N) is 2. The number of carbonyl (C=O) groups is 2. The van der Waals surface area contributed by atoms with Crippen LogP contribution in [0.25, 0.3) is 10.9 Å².